The third kappa shape index (κ3) is 4.25. The van der Waals surface area contributed by atoms with Crippen LogP contribution in [0.15, 0.2) is 35.4 Å². The van der Waals surface area contributed by atoms with Gasteiger partial charge in [0.15, 0.2) is 5.15 Å². The summed E-state index contributed by atoms with van der Waals surface area (Å²) in [5.74, 6) is 1.86. The molecule has 0 aliphatic carbocycles. The average Bonchev–Trinajstić information content (AvgIpc) is 3.58. The Kier molecular flexibility index (Phi) is 5.89. The van der Waals surface area contributed by atoms with Gasteiger partial charge in [0.2, 0.25) is 17.8 Å². The topological polar surface area (TPSA) is 87.4 Å². The van der Waals surface area contributed by atoms with Crippen LogP contribution in [0.5, 0.6) is 0 Å². The van der Waals surface area contributed by atoms with Crippen molar-refractivity contribution in [3.63, 3.8) is 0 Å². The van der Waals surface area contributed by atoms with Crippen molar-refractivity contribution >= 4 is 35.7 Å². The van der Waals surface area contributed by atoms with E-state index in [-0.39, 0.29) is 0 Å². The molecule has 0 atom stereocenters. The Morgan fingerprint density at radius 1 is 0.906 bits per heavy atom. The molecule has 3 aromatic rings. The standard InChI is InChI=1S/C22H26ClN9/c1-16-18(19(23)29-32(16)17-9-3-2-4-10-17)15-24-28-20-25-21(30-11-5-6-12-30)27-22(26-20)31-13-7-8-14-31/h2-4,9-10,15H,5-8,11-14H2,1H3,(H,25,26,27,28)/b24-15+. The smallest absolute Gasteiger partial charge is 0.250 e. The van der Waals surface area contributed by atoms with Crippen molar-refractivity contribution < 1.29 is 0 Å². The summed E-state index contributed by atoms with van der Waals surface area (Å²) in [6, 6.07) is 9.88. The molecular weight excluding hydrogens is 426 g/mol. The molecular formula is C22H26ClN9. The molecule has 10 heteroatoms. The van der Waals surface area contributed by atoms with Crippen LogP contribution >= 0.6 is 11.6 Å². The van der Waals surface area contributed by atoms with Gasteiger partial charge in [-0.25, -0.2) is 10.1 Å². The van der Waals surface area contributed by atoms with Gasteiger partial charge in [-0.1, -0.05) is 29.8 Å². The van der Waals surface area contributed by atoms with E-state index in [2.05, 4.69) is 35.4 Å². The summed E-state index contributed by atoms with van der Waals surface area (Å²) < 4.78 is 1.81. The predicted octanol–water partition coefficient (Wildman–Crippen LogP) is 3.67. The maximum Gasteiger partial charge on any atom is 0.250 e. The fraction of sp³-hybridized carbons (Fsp3) is 0.409. The number of nitrogens with zero attached hydrogens (tertiary/aromatic N) is 8. The van der Waals surface area contributed by atoms with Crippen molar-refractivity contribution in [3.05, 3.63) is 46.7 Å². The normalized spacial score (nSPS) is 16.4. The van der Waals surface area contributed by atoms with Crippen molar-refractivity contribution in [1.29, 1.82) is 0 Å². The Morgan fingerprint density at radius 2 is 1.50 bits per heavy atom. The maximum absolute atomic E-state index is 6.40. The highest BCUT2D eigenvalue weighted by atomic mass is 35.5. The summed E-state index contributed by atoms with van der Waals surface area (Å²) in [5, 5.41) is 9.21. The summed E-state index contributed by atoms with van der Waals surface area (Å²) in [4.78, 5) is 18.4. The van der Waals surface area contributed by atoms with Gasteiger partial charge in [-0.3, -0.25) is 0 Å². The van der Waals surface area contributed by atoms with Crippen LogP contribution < -0.4 is 15.2 Å². The van der Waals surface area contributed by atoms with Crippen LogP contribution in [0.1, 0.15) is 36.9 Å². The minimum atomic E-state index is 0.392. The Morgan fingerprint density at radius 3 is 2.09 bits per heavy atom. The molecule has 0 bridgehead atoms. The number of anilines is 3. The van der Waals surface area contributed by atoms with E-state index in [0.29, 0.717) is 23.0 Å². The monoisotopic (exact) mass is 451 g/mol. The van der Waals surface area contributed by atoms with Gasteiger partial charge in [-0.2, -0.15) is 25.2 Å². The lowest BCUT2D eigenvalue weighted by atomic mass is 10.2. The Labute approximate surface area is 192 Å². The molecule has 32 heavy (non-hydrogen) atoms. The first kappa shape index (κ1) is 20.7. The summed E-state index contributed by atoms with van der Waals surface area (Å²) in [6.45, 7) is 5.85. The molecule has 1 N–H and O–H groups in total. The molecule has 4 heterocycles. The molecule has 2 aromatic heterocycles. The van der Waals surface area contributed by atoms with Crippen molar-refractivity contribution in [2.45, 2.75) is 32.6 Å². The highest BCUT2D eigenvalue weighted by Crippen LogP contribution is 2.23. The van der Waals surface area contributed by atoms with E-state index in [4.69, 9.17) is 16.6 Å². The van der Waals surface area contributed by atoms with Crippen LogP contribution in [0, 0.1) is 6.92 Å². The highest BCUT2D eigenvalue weighted by molar-refractivity contribution is 6.32. The van der Waals surface area contributed by atoms with E-state index in [9.17, 15) is 0 Å². The number of hydrogen-bond donors (Lipinski definition) is 1. The SMILES string of the molecule is Cc1c(/C=N/Nc2nc(N3CCCC3)nc(N3CCCC3)n2)c(Cl)nn1-c1ccccc1. The molecule has 0 radical (unpaired) electrons. The summed E-state index contributed by atoms with van der Waals surface area (Å²) in [5.41, 5.74) is 5.58. The molecule has 0 saturated carbocycles. The van der Waals surface area contributed by atoms with Crippen LogP contribution in [0.2, 0.25) is 5.15 Å². The first-order valence-electron chi connectivity index (χ1n) is 11.0. The molecule has 2 saturated heterocycles. The molecule has 0 unspecified atom stereocenters. The molecule has 2 fully saturated rings. The lowest BCUT2D eigenvalue weighted by Crippen LogP contribution is -2.25. The molecule has 2 aliphatic heterocycles. The second-order valence-corrected chi connectivity index (χ2v) is 8.41. The second kappa shape index (κ2) is 9.12. The minimum Gasteiger partial charge on any atom is -0.341 e. The Bertz CT molecular complexity index is 1070. The lowest BCUT2D eigenvalue weighted by Gasteiger charge is -2.20. The van der Waals surface area contributed by atoms with Crippen LogP contribution in [0.4, 0.5) is 17.8 Å². The first-order chi connectivity index (χ1) is 15.7. The zero-order chi connectivity index (χ0) is 21.9. The number of hydrogen-bond acceptors (Lipinski definition) is 8. The zero-order valence-corrected chi connectivity index (χ0v) is 18.8. The largest absolute Gasteiger partial charge is 0.341 e. The number of benzene rings is 1. The van der Waals surface area contributed by atoms with Crippen molar-refractivity contribution in [1.82, 2.24) is 24.7 Å². The molecule has 5 rings (SSSR count). The van der Waals surface area contributed by atoms with Gasteiger partial charge in [0.1, 0.15) is 0 Å². The first-order valence-corrected chi connectivity index (χ1v) is 11.4. The van der Waals surface area contributed by atoms with Crippen molar-refractivity contribution in [3.8, 4) is 5.69 Å². The number of hydrazone groups is 1. The fourth-order valence-electron chi connectivity index (χ4n) is 4.12. The summed E-state index contributed by atoms with van der Waals surface area (Å²) in [6.07, 6.45) is 6.31. The van der Waals surface area contributed by atoms with Crippen molar-refractivity contribution in [2.24, 2.45) is 5.10 Å². The molecule has 1 aromatic carbocycles. The van der Waals surface area contributed by atoms with E-state index in [1.807, 2.05) is 41.9 Å². The lowest BCUT2D eigenvalue weighted by molar-refractivity contribution is 0.838. The molecule has 0 spiro atoms. The minimum absolute atomic E-state index is 0.392. The van der Waals surface area contributed by atoms with Gasteiger partial charge in [0, 0.05) is 26.2 Å². The Hall–Kier alpha value is -3.20. The van der Waals surface area contributed by atoms with Gasteiger partial charge in [0.25, 0.3) is 0 Å². The number of rotatable bonds is 6. The Balaban J connectivity index is 1.39. The third-order valence-electron chi connectivity index (χ3n) is 5.87. The molecule has 0 amide bonds. The van der Waals surface area contributed by atoms with E-state index in [0.717, 1.165) is 68.8 Å². The van der Waals surface area contributed by atoms with Crippen LogP contribution in [-0.2, 0) is 0 Å². The van der Waals surface area contributed by atoms with Gasteiger partial charge >= 0.3 is 0 Å². The van der Waals surface area contributed by atoms with Crippen LogP contribution in [0.3, 0.4) is 0 Å². The number of halogens is 1. The number of para-hydroxylation sites is 1. The second-order valence-electron chi connectivity index (χ2n) is 8.05. The maximum atomic E-state index is 6.40. The highest BCUT2D eigenvalue weighted by Gasteiger charge is 2.21. The predicted molar refractivity (Wildman–Crippen MR) is 127 cm³/mol. The summed E-state index contributed by atoms with van der Waals surface area (Å²) in [7, 11) is 0. The fourth-order valence-corrected chi connectivity index (χ4v) is 4.38. The molecule has 9 nitrogen and oxygen atoms in total. The zero-order valence-electron chi connectivity index (χ0n) is 18.1. The van der Waals surface area contributed by atoms with E-state index >= 15 is 0 Å². The van der Waals surface area contributed by atoms with Gasteiger partial charge < -0.3 is 9.80 Å². The molecule has 166 valence electrons. The quantitative estimate of drug-likeness (QED) is 0.452. The van der Waals surface area contributed by atoms with Gasteiger partial charge in [-0.15, -0.1) is 0 Å². The number of nitrogens with one attached hydrogen (secondary N) is 1. The van der Waals surface area contributed by atoms with E-state index in [1.165, 1.54) is 0 Å². The molecule has 2 aliphatic rings. The van der Waals surface area contributed by atoms with E-state index < -0.39 is 0 Å². The number of aromatic nitrogens is 5. The van der Waals surface area contributed by atoms with Crippen molar-refractivity contribution in [2.75, 3.05) is 41.4 Å². The van der Waals surface area contributed by atoms with Crippen LogP contribution in [0.25, 0.3) is 5.69 Å². The van der Waals surface area contributed by atoms with Gasteiger partial charge in [0.05, 0.1) is 23.2 Å². The summed E-state index contributed by atoms with van der Waals surface area (Å²) >= 11 is 6.40. The van der Waals surface area contributed by atoms with E-state index in [1.54, 1.807) is 6.21 Å². The third-order valence-corrected chi connectivity index (χ3v) is 6.15. The average molecular weight is 452 g/mol. The van der Waals surface area contributed by atoms with Gasteiger partial charge in [-0.05, 0) is 44.7 Å². The van der Waals surface area contributed by atoms with Crippen LogP contribution in [-0.4, -0.2) is 57.1 Å².